The zero-order valence-electron chi connectivity index (χ0n) is 17.7. The molecule has 0 aliphatic carbocycles. The molecule has 1 aromatic rings. The van der Waals surface area contributed by atoms with Crippen LogP contribution in [0.25, 0.3) is 0 Å². The van der Waals surface area contributed by atoms with Gasteiger partial charge >= 0.3 is 0 Å². The van der Waals surface area contributed by atoms with Gasteiger partial charge in [-0.3, -0.25) is 9.69 Å². The van der Waals surface area contributed by atoms with E-state index in [0.29, 0.717) is 17.2 Å². The Hall–Kier alpha value is -1.68. The van der Waals surface area contributed by atoms with Crippen LogP contribution in [0.15, 0.2) is 24.8 Å². The van der Waals surface area contributed by atoms with Gasteiger partial charge in [0.05, 0.1) is 11.0 Å². The standard InChI is InChI=1S/C23H33NO2S/c1-9-16-10-11-19(25)24(16)21(27)14(2)15-12-17(22(3,4)5)20(26)18(13-15)23(6,7)8/h9,12-14,16,26H,1,10-11H2,2-8H3/t14-,16-/m1/s1. The summed E-state index contributed by atoms with van der Waals surface area (Å²) >= 11 is 5.74. The zero-order chi connectivity index (χ0) is 20.7. The molecule has 0 spiro atoms. The first-order valence-corrected chi connectivity index (χ1v) is 10.1. The van der Waals surface area contributed by atoms with Crippen LogP contribution in [0.4, 0.5) is 0 Å². The number of hydrogen-bond donors (Lipinski definition) is 1. The van der Waals surface area contributed by atoms with Gasteiger partial charge in [0.1, 0.15) is 5.75 Å². The molecule has 0 saturated carbocycles. The summed E-state index contributed by atoms with van der Waals surface area (Å²) in [4.78, 5) is 14.7. The molecule has 2 rings (SSSR count). The van der Waals surface area contributed by atoms with Crippen molar-refractivity contribution in [3.05, 3.63) is 41.5 Å². The molecule has 0 aromatic heterocycles. The number of phenols is 1. The first-order chi connectivity index (χ1) is 12.3. The quantitative estimate of drug-likeness (QED) is 0.542. The number of likely N-dealkylation sites (tertiary alicyclic amines) is 1. The predicted molar refractivity (Wildman–Crippen MR) is 117 cm³/mol. The van der Waals surface area contributed by atoms with Gasteiger partial charge in [0, 0.05) is 12.3 Å². The third kappa shape index (κ3) is 4.26. The maximum absolute atomic E-state index is 12.4. The molecular formula is C23H33NO2S. The minimum absolute atomic E-state index is 0.0197. The van der Waals surface area contributed by atoms with Gasteiger partial charge in [0.25, 0.3) is 0 Å². The highest BCUT2D eigenvalue weighted by molar-refractivity contribution is 7.80. The van der Waals surface area contributed by atoms with Crippen LogP contribution in [0.3, 0.4) is 0 Å². The highest BCUT2D eigenvalue weighted by Gasteiger charge is 2.35. The van der Waals surface area contributed by atoms with E-state index in [9.17, 15) is 9.90 Å². The summed E-state index contributed by atoms with van der Waals surface area (Å²) in [5, 5.41) is 10.9. The summed E-state index contributed by atoms with van der Waals surface area (Å²) in [6, 6.07) is 4.07. The van der Waals surface area contributed by atoms with Gasteiger partial charge < -0.3 is 5.11 Å². The van der Waals surface area contributed by atoms with E-state index in [2.05, 4.69) is 48.1 Å². The van der Waals surface area contributed by atoms with E-state index in [0.717, 1.165) is 23.1 Å². The van der Waals surface area contributed by atoms with Gasteiger partial charge in [-0.2, -0.15) is 0 Å². The van der Waals surface area contributed by atoms with Crippen LogP contribution in [0.5, 0.6) is 5.75 Å². The maximum atomic E-state index is 12.4. The van der Waals surface area contributed by atoms with Crippen molar-refractivity contribution in [3.8, 4) is 5.75 Å². The fourth-order valence-electron chi connectivity index (χ4n) is 3.62. The van der Waals surface area contributed by atoms with E-state index in [1.54, 1.807) is 4.90 Å². The van der Waals surface area contributed by atoms with E-state index < -0.39 is 0 Å². The summed E-state index contributed by atoms with van der Waals surface area (Å²) in [5.74, 6) is 0.327. The molecular weight excluding hydrogens is 354 g/mol. The van der Waals surface area contributed by atoms with Crippen LogP contribution < -0.4 is 0 Å². The van der Waals surface area contributed by atoms with Crippen LogP contribution in [0, 0.1) is 0 Å². The number of carbonyl (C=O) groups is 1. The summed E-state index contributed by atoms with van der Waals surface area (Å²) in [7, 11) is 0. The predicted octanol–water partition coefficient (Wildman–Crippen LogP) is 5.60. The molecule has 1 aromatic carbocycles. The second-order valence-corrected chi connectivity index (χ2v) is 10.0. The normalized spacial score (nSPS) is 19.3. The Morgan fingerprint density at radius 1 is 1.22 bits per heavy atom. The lowest BCUT2D eigenvalue weighted by atomic mass is 9.77. The first kappa shape index (κ1) is 21.6. The Morgan fingerprint density at radius 3 is 2.11 bits per heavy atom. The summed E-state index contributed by atoms with van der Waals surface area (Å²) in [6.45, 7) is 18.5. The Labute approximate surface area is 169 Å². The third-order valence-electron chi connectivity index (χ3n) is 5.38. The molecule has 3 nitrogen and oxygen atoms in total. The number of thiocarbonyl (C=S) groups is 1. The Bertz CT molecular complexity index is 733. The molecule has 1 aliphatic heterocycles. The number of nitrogens with zero attached hydrogens (tertiary/aromatic N) is 1. The van der Waals surface area contributed by atoms with Gasteiger partial charge in [-0.15, -0.1) is 6.58 Å². The van der Waals surface area contributed by atoms with Crippen molar-refractivity contribution in [2.45, 2.75) is 84.1 Å². The average Bonchev–Trinajstić information content (AvgIpc) is 2.92. The van der Waals surface area contributed by atoms with Crippen molar-refractivity contribution in [1.82, 2.24) is 4.90 Å². The van der Waals surface area contributed by atoms with Crippen molar-refractivity contribution < 1.29 is 9.90 Å². The van der Waals surface area contributed by atoms with Gasteiger partial charge in [0.2, 0.25) is 5.91 Å². The Morgan fingerprint density at radius 2 is 1.70 bits per heavy atom. The van der Waals surface area contributed by atoms with Gasteiger partial charge in [-0.05, 0) is 33.9 Å². The fourth-order valence-corrected chi connectivity index (χ4v) is 3.99. The highest BCUT2D eigenvalue weighted by Crippen LogP contribution is 2.41. The number of amides is 1. The van der Waals surface area contributed by atoms with Crippen LogP contribution in [0.2, 0.25) is 0 Å². The van der Waals surface area contributed by atoms with E-state index in [1.807, 2.05) is 25.1 Å². The molecule has 1 N–H and O–H groups in total. The van der Waals surface area contributed by atoms with Crippen LogP contribution >= 0.6 is 12.2 Å². The smallest absolute Gasteiger partial charge is 0.228 e. The second kappa shape index (κ2) is 7.38. The van der Waals surface area contributed by atoms with Gasteiger partial charge in [0.15, 0.2) is 0 Å². The molecule has 2 atom stereocenters. The molecule has 27 heavy (non-hydrogen) atoms. The summed E-state index contributed by atoms with van der Waals surface area (Å²) in [6.07, 6.45) is 3.09. The molecule has 1 amide bonds. The molecule has 1 saturated heterocycles. The van der Waals surface area contributed by atoms with Gasteiger partial charge in [-0.1, -0.05) is 78.9 Å². The molecule has 0 unspecified atom stereocenters. The highest BCUT2D eigenvalue weighted by atomic mass is 32.1. The maximum Gasteiger partial charge on any atom is 0.228 e. The molecule has 4 heteroatoms. The Balaban J connectivity index is 2.55. The van der Waals surface area contributed by atoms with Crippen LogP contribution in [-0.4, -0.2) is 26.9 Å². The number of benzene rings is 1. The van der Waals surface area contributed by atoms with Crippen LogP contribution in [0.1, 0.15) is 83.9 Å². The van der Waals surface area contributed by atoms with Crippen molar-refractivity contribution in [2.75, 3.05) is 0 Å². The second-order valence-electron chi connectivity index (χ2n) is 9.63. The van der Waals surface area contributed by atoms with Crippen molar-refractivity contribution in [1.29, 1.82) is 0 Å². The fraction of sp³-hybridized carbons (Fsp3) is 0.565. The number of rotatable bonds is 3. The first-order valence-electron chi connectivity index (χ1n) is 9.65. The summed E-state index contributed by atoms with van der Waals surface area (Å²) < 4.78 is 0. The number of aromatic hydroxyl groups is 1. The van der Waals surface area contributed by atoms with E-state index in [1.165, 1.54) is 0 Å². The zero-order valence-corrected chi connectivity index (χ0v) is 18.5. The lowest BCUT2D eigenvalue weighted by Crippen LogP contribution is -2.39. The molecule has 148 valence electrons. The monoisotopic (exact) mass is 387 g/mol. The van der Waals surface area contributed by atoms with Crippen molar-refractivity contribution >= 4 is 23.1 Å². The van der Waals surface area contributed by atoms with Crippen LogP contribution in [-0.2, 0) is 15.6 Å². The minimum Gasteiger partial charge on any atom is -0.507 e. The van der Waals surface area contributed by atoms with E-state index >= 15 is 0 Å². The Kier molecular flexibility index (Phi) is 5.91. The van der Waals surface area contributed by atoms with Crippen molar-refractivity contribution in [3.63, 3.8) is 0 Å². The lowest BCUT2D eigenvalue weighted by molar-refractivity contribution is -0.124. The topological polar surface area (TPSA) is 40.5 Å². The number of phenolic OH excluding ortho intramolecular Hbond substituents is 1. The SMILES string of the molecule is C=C[C@@H]1CCC(=O)N1C(=S)[C@H](C)c1cc(C(C)(C)C)c(O)c(C(C)(C)C)c1. The largest absolute Gasteiger partial charge is 0.507 e. The van der Waals surface area contributed by atoms with Crippen molar-refractivity contribution in [2.24, 2.45) is 0 Å². The van der Waals surface area contributed by atoms with E-state index in [-0.39, 0.29) is 28.7 Å². The molecule has 0 bridgehead atoms. The summed E-state index contributed by atoms with van der Waals surface area (Å²) in [5.41, 5.74) is 2.46. The molecule has 1 aliphatic rings. The number of carbonyl (C=O) groups excluding carboxylic acids is 1. The van der Waals surface area contributed by atoms with Gasteiger partial charge in [-0.25, -0.2) is 0 Å². The number of hydrogen-bond acceptors (Lipinski definition) is 3. The third-order valence-corrected chi connectivity index (χ3v) is 5.93. The average molecular weight is 388 g/mol. The minimum atomic E-state index is -0.200. The molecule has 0 radical (unpaired) electrons. The van der Waals surface area contributed by atoms with E-state index in [4.69, 9.17) is 12.2 Å². The molecule has 1 fully saturated rings. The lowest BCUT2D eigenvalue weighted by Gasteiger charge is -2.31. The molecule has 1 heterocycles.